The lowest BCUT2D eigenvalue weighted by Gasteiger charge is -2.34. The average Bonchev–Trinajstić information content (AvgIpc) is 2.17. The molecule has 1 aliphatic rings. The maximum atomic E-state index is 11.2. The molecule has 1 saturated heterocycles. The molecule has 0 aromatic carbocycles. The van der Waals surface area contributed by atoms with Crippen molar-refractivity contribution in [3.05, 3.63) is 0 Å². The fourth-order valence-corrected chi connectivity index (χ4v) is 1.41. The Morgan fingerprint density at radius 2 is 1.92 bits per heavy atom. The topological polar surface area (TPSA) is 75.7 Å². The highest BCUT2D eigenvalue weighted by molar-refractivity contribution is 5.98. The summed E-state index contributed by atoms with van der Waals surface area (Å²) in [6.07, 6.45) is 0.254. The number of ether oxygens (including phenoxy) is 2. The summed E-state index contributed by atoms with van der Waals surface area (Å²) in [5.41, 5.74) is -1.49. The lowest BCUT2D eigenvalue weighted by atomic mass is 9.80. The summed E-state index contributed by atoms with van der Waals surface area (Å²) in [5.74, 6) is -2.11. The average molecular weight is 187 g/mol. The minimum absolute atomic E-state index is 0.127. The quantitative estimate of drug-likeness (QED) is 0.397. The van der Waals surface area contributed by atoms with Gasteiger partial charge in [0.2, 0.25) is 0 Å². The summed E-state index contributed by atoms with van der Waals surface area (Å²) in [6, 6.07) is 0. The van der Waals surface area contributed by atoms with Crippen LogP contribution in [0.1, 0.15) is 12.8 Å². The second-order valence-corrected chi connectivity index (χ2v) is 2.97. The highest BCUT2D eigenvalue weighted by atomic mass is 16.5. The number of carbonyl (C=O) groups is 2. The van der Waals surface area contributed by atoms with Crippen LogP contribution in [0.3, 0.4) is 0 Å². The minimum Gasteiger partial charge on any atom is -0.549 e. The number of hydrogen-bond donors (Lipinski definition) is 0. The molecule has 0 aromatic heterocycles. The zero-order valence-corrected chi connectivity index (χ0v) is 7.37. The van der Waals surface area contributed by atoms with E-state index in [0.29, 0.717) is 0 Å². The lowest BCUT2D eigenvalue weighted by molar-refractivity contribution is -0.320. The Labute approximate surface area is 75.6 Å². The van der Waals surface area contributed by atoms with Crippen molar-refractivity contribution in [2.24, 2.45) is 5.41 Å². The van der Waals surface area contributed by atoms with Gasteiger partial charge in [0.1, 0.15) is 5.41 Å². The molecule has 0 radical (unpaired) electrons. The van der Waals surface area contributed by atoms with Crippen molar-refractivity contribution >= 4 is 11.9 Å². The molecule has 0 spiro atoms. The summed E-state index contributed by atoms with van der Waals surface area (Å²) >= 11 is 0. The van der Waals surface area contributed by atoms with Gasteiger partial charge in [0.05, 0.1) is 13.1 Å². The second-order valence-electron chi connectivity index (χ2n) is 2.97. The third kappa shape index (κ3) is 1.65. The molecule has 0 aromatic rings. The normalized spacial score (nSPS) is 20.7. The van der Waals surface area contributed by atoms with Crippen LogP contribution in [0.25, 0.3) is 0 Å². The number of hydrogen-bond acceptors (Lipinski definition) is 5. The molecule has 0 atom stereocenters. The largest absolute Gasteiger partial charge is 0.549 e. The van der Waals surface area contributed by atoms with Gasteiger partial charge in [-0.2, -0.15) is 0 Å². The minimum atomic E-state index is -1.49. The third-order valence-corrected chi connectivity index (χ3v) is 2.31. The van der Waals surface area contributed by atoms with Gasteiger partial charge in [-0.1, -0.05) is 0 Å². The molecule has 74 valence electrons. The monoisotopic (exact) mass is 187 g/mol. The first-order valence-corrected chi connectivity index (χ1v) is 4.01. The van der Waals surface area contributed by atoms with Crippen LogP contribution in [0.2, 0.25) is 0 Å². The van der Waals surface area contributed by atoms with E-state index in [1.807, 2.05) is 0 Å². The predicted octanol–water partition coefficient (Wildman–Crippen LogP) is -1.29. The fraction of sp³-hybridized carbons (Fsp3) is 0.750. The van der Waals surface area contributed by atoms with Crippen molar-refractivity contribution in [2.75, 3.05) is 20.3 Å². The van der Waals surface area contributed by atoms with Gasteiger partial charge >= 0.3 is 5.97 Å². The van der Waals surface area contributed by atoms with E-state index in [9.17, 15) is 14.7 Å². The van der Waals surface area contributed by atoms with Crippen molar-refractivity contribution in [1.82, 2.24) is 0 Å². The van der Waals surface area contributed by atoms with Gasteiger partial charge in [-0.3, -0.25) is 4.79 Å². The van der Waals surface area contributed by atoms with Crippen molar-refractivity contribution in [3.63, 3.8) is 0 Å². The van der Waals surface area contributed by atoms with Crippen LogP contribution in [-0.4, -0.2) is 32.3 Å². The van der Waals surface area contributed by atoms with Gasteiger partial charge in [-0.25, -0.2) is 0 Å². The molecule has 0 amide bonds. The molecule has 5 heteroatoms. The Balaban J connectivity index is 2.85. The SMILES string of the molecule is COC(=O)C1(C(=O)[O-])CCOCC1. The summed E-state index contributed by atoms with van der Waals surface area (Å²) < 4.78 is 9.41. The lowest BCUT2D eigenvalue weighted by Crippen LogP contribution is -2.51. The Hall–Kier alpha value is -1.10. The van der Waals surface area contributed by atoms with Crippen molar-refractivity contribution in [2.45, 2.75) is 12.8 Å². The van der Waals surface area contributed by atoms with Crippen LogP contribution in [0.5, 0.6) is 0 Å². The van der Waals surface area contributed by atoms with E-state index >= 15 is 0 Å². The molecular weight excluding hydrogens is 176 g/mol. The molecule has 1 rings (SSSR count). The highest BCUT2D eigenvalue weighted by Gasteiger charge is 2.42. The zero-order chi connectivity index (χ0) is 9.90. The first-order valence-electron chi connectivity index (χ1n) is 4.01. The van der Waals surface area contributed by atoms with Crippen LogP contribution in [-0.2, 0) is 19.1 Å². The molecule has 5 nitrogen and oxygen atoms in total. The molecule has 0 aliphatic carbocycles. The highest BCUT2D eigenvalue weighted by Crippen LogP contribution is 2.31. The van der Waals surface area contributed by atoms with Crippen LogP contribution in [0.4, 0.5) is 0 Å². The van der Waals surface area contributed by atoms with Gasteiger partial charge in [-0.05, 0) is 12.8 Å². The first-order chi connectivity index (χ1) is 6.13. The van der Waals surface area contributed by atoms with Crippen LogP contribution in [0.15, 0.2) is 0 Å². The van der Waals surface area contributed by atoms with E-state index in [4.69, 9.17) is 4.74 Å². The molecular formula is C8H11O5-. The third-order valence-electron chi connectivity index (χ3n) is 2.31. The maximum Gasteiger partial charge on any atom is 0.317 e. The molecule has 0 unspecified atom stereocenters. The number of carbonyl (C=O) groups excluding carboxylic acids is 2. The molecule has 0 saturated carbocycles. The Kier molecular flexibility index (Phi) is 2.87. The summed E-state index contributed by atoms with van der Waals surface area (Å²) in [5, 5.41) is 10.8. The smallest absolute Gasteiger partial charge is 0.317 e. The summed E-state index contributed by atoms with van der Waals surface area (Å²) in [7, 11) is 1.17. The number of carboxylic acid groups (broad SMARTS) is 1. The van der Waals surface area contributed by atoms with Crippen molar-refractivity contribution < 1.29 is 24.2 Å². The Bertz CT molecular complexity index is 217. The van der Waals surface area contributed by atoms with E-state index in [1.165, 1.54) is 7.11 Å². The van der Waals surface area contributed by atoms with E-state index in [-0.39, 0.29) is 26.1 Å². The van der Waals surface area contributed by atoms with Gasteiger partial charge in [-0.15, -0.1) is 0 Å². The van der Waals surface area contributed by atoms with Crippen LogP contribution >= 0.6 is 0 Å². The molecule has 1 aliphatic heterocycles. The second kappa shape index (κ2) is 3.74. The number of esters is 1. The summed E-state index contributed by atoms with van der Waals surface area (Å²) in [6.45, 7) is 0.506. The van der Waals surface area contributed by atoms with Gasteiger partial charge in [0.25, 0.3) is 0 Å². The maximum absolute atomic E-state index is 11.2. The predicted molar refractivity (Wildman–Crippen MR) is 39.5 cm³/mol. The number of rotatable bonds is 2. The van der Waals surface area contributed by atoms with E-state index < -0.39 is 17.4 Å². The number of carboxylic acids is 1. The van der Waals surface area contributed by atoms with Crippen LogP contribution in [0, 0.1) is 5.41 Å². The standard InChI is InChI=1S/C8H12O5/c1-12-7(11)8(6(9)10)2-4-13-5-3-8/h2-5H2,1H3,(H,9,10)/p-1. The number of methoxy groups -OCH3 is 1. The van der Waals surface area contributed by atoms with E-state index in [0.717, 1.165) is 0 Å². The number of aliphatic carboxylic acids is 1. The Morgan fingerprint density at radius 3 is 2.31 bits per heavy atom. The summed E-state index contributed by atoms with van der Waals surface area (Å²) in [4.78, 5) is 22.0. The van der Waals surface area contributed by atoms with E-state index in [1.54, 1.807) is 0 Å². The molecule has 13 heavy (non-hydrogen) atoms. The molecule has 1 heterocycles. The fourth-order valence-electron chi connectivity index (χ4n) is 1.41. The first kappa shape index (κ1) is 9.98. The van der Waals surface area contributed by atoms with Crippen molar-refractivity contribution in [3.8, 4) is 0 Å². The van der Waals surface area contributed by atoms with Crippen LogP contribution < -0.4 is 5.11 Å². The van der Waals surface area contributed by atoms with Gasteiger partial charge < -0.3 is 19.4 Å². The molecule has 0 N–H and O–H groups in total. The molecule has 0 bridgehead atoms. The Morgan fingerprint density at radius 1 is 1.38 bits per heavy atom. The van der Waals surface area contributed by atoms with Crippen molar-refractivity contribution in [1.29, 1.82) is 0 Å². The van der Waals surface area contributed by atoms with E-state index in [2.05, 4.69) is 4.74 Å². The molecule has 1 fully saturated rings. The van der Waals surface area contributed by atoms with Gasteiger partial charge in [0.15, 0.2) is 0 Å². The zero-order valence-electron chi connectivity index (χ0n) is 7.37. The van der Waals surface area contributed by atoms with Gasteiger partial charge in [0, 0.05) is 13.2 Å².